The SMILES string of the molecule is O=C1c2ccccc2C(=O)N1C[C@H]1O[C@@H](n2cnc3c(Nc4ccccc4)ncnc32)[C@H](O)[C@@H]1O. The van der Waals surface area contributed by atoms with Crippen molar-refractivity contribution in [1.82, 2.24) is 24.4 Å². The fourth-order valence-electron chi connectivity index (χ4n) is 4.48. The molecule has 1 saturated heterocycles. The fourth-order valence-corrected chi connectivity index (χ4v) is 4.48. The van der Waals surface area contributed by atoms with Crippen LogP contribution >= 0.6 is 0 Å². The molecule has 35 heavy (non-hydrogen) atoms. The second-order valence-corrected chi connectivity index (χ2v) is 8.35. The van der Waals surface area contributed by atoms with Gasteiger partial charge in [-0.2, -0.15) is 0 Å². The van der Waals surface area contributed by atoms with Crippen LogP contribution in [-0.4, -0.2) is 71.3 Å². The maximum atomic E-state index is 12.7. The molecule has 3 N–H and O–H groups in total. The van der Waals surface area contributed by atoms with E-state index in [0.717, 1.165) is 10.6 Å². The smallest absolute Gasteiger partial charge is 0.261 e. The number of rotatable bonds is 5. The third-order valence-electron chi connectivity index (χ3n) is 6.25. The highest BCUT2D eigenvalue weighted by Gasteiger charge is 2.47. The van der Waals surface area contributed by atoms with Crippen LogP contribution in [0.5, 0.6) is 0 Å². The van der Waals surface area contributed by atoms with Crippen LogP contribution in [0.1, 0.15) is 26.9 Å². The number of carbonyl (C=O) groups excluding carboxylic acids is 2. The Labute approximate surface area is 198 Å². The molecule has 0 saturated carbocycles. The number of para-hydroxylation sites is 1. The molecule has 0 unspecified atom stereocenters. The van der Waals surface area contributed by atoms with Gasteiger partial charge in [0.25, 0.3) is 11.8 Å². The number of hydrogen-bond donors (Lipinski definition) is 3. The van der Waals surface area contributed by atoms with Crippen molar-refractivity contribution in [3.8, 4) is 0 Å². The standard InChI is InChI=1S/C24H20N6O5/c31-18-16(10-29-22(33)14-8-4-5-9-15(14)23(29)34)35-24(19(18)32)30-12-27-17-20(25-11-26-21(17)30)28-13-6-2-1-3-7-13/h1-9,11-12,16,18-19,24,31-32H,10H2,(H,25,26,28)/t16-,18-,19-,24-/m1/s1. The molecule has 2 aromatic carbocycles. The average molecular weight is 472 g/mol. The number of imidazole rings is 1. The summed E-state index contributed by atoms with van der Waals surface area (Å²) < 4.78 is 7.45. The Morgan fingerprint density at radius 1 is 0.886 bits per heavy atom. The Hall–Kier alpha value is -4.19. The first kappa shape index (κ1) is 21.4. The van der Waals surface area contributed by atoms with Crippen molar-refractivity contribution in [3.63, 3.8) is 0 Å². The molecule has 4 heterocycles. The minimum Gasteiger partial charge on any atom is -0.387 e. The summed E-state index contributed by atoms with van der Waals surface area (Å²) in [5.41, 5.74) is 2.26. The van der Waals surface area contributed by atoms with Gasteiger partial charge in [0.2, 0.25) is 0 Å². The number of benzene rings is 2. The third kappa shape index (κ3) is 3.44. The topological polar surface area (TPSA) is 143 Å². The molecule has 0 radical (unpaired) electrons. The van der Waals surface area contributed by atoms with Gasteiger partial charge in [-0.1, -0.05) is 30.3 Å². The summed E-state index contributed by atoms with van der Waals surface area (Å²) in [6.07, 6.45) is -1.91. The van der Waals surface area contributed by atoms with E-state index in [2.05, 4.69) is 20.3 Å². The van der Waals surface area contributed by atoms with Gasteiger partial charge in [0.15, 0.2) is 23.2 Å². The van der Waals surface area contributed by atoms with Crippen molar-refractivity contribution in [2.75, 3.05) is 11.9 Å². The number of aliphatic hydroxyl groups is 2. The number of aliphatic hydroxyl groups excluding tert-OH is 2. The van der Waals surface area contributed by atoms with E-state index in [-0.39, 0.29) is 6.54 Å². The quantitative estimate of drug-likeness (QED) is 0.368. The Bertz CT molecular complexity index is 1410. The van der Waals surface area contributed by atoms with Gasteiger partial charge in [0.1, 0.15) is 24.6 Å². The van der Waals surface area contributed by atoms with E-state index in [9.17, 15) is 19.8 Å². The number of anilines is 2. The van der Waals surface area contributed by atoms with Crippen molar-refractivity contribution in [2.45, 2.75) is 24.5 Å². The molecular weight excluding hydrogens is 452 g/mol. The molecule has 176 valence electrons. The number of ether oxygens (including phenoxy) is 1. The maximum Gasteiger partial charge on any atom is 0.261 e. The Kier molecular flexibility index (Phi) is 5.02. The number of hydrogen-bond acceptors (Lipinski definition) is 9. The third-order valence-corrected chi connectivity index (χ3v) is 6.25. The van der Waals surface area contributed by atoms with Crippen LogP contribution in [0.4, 0.5) is 11.5 Å². The molecule has 0 bridgehead atoms. The summed E-state index contributed by atoms with van der Waals surface area (Å²) in [5.74, 6) is -0.455. The van der Waals surface area contributed by atoms with Gasteiger partial charge < -0.3 is 20.3 Å². The van der Waals surface area contributed by atoms with Gasteiger partial charge in [-0.3, -0.25) is 19.1 Å². The fraction of sp³-hybridized carbons (Fsp3) is 0.208. The predicted octanol–water partition coefficient (Wildman–Crippen LogP) is 1.49. The predicted molar refractivity (Wildman–Crippen MR) is 123 cm³/mol. The van der Waals surface area contributed by atoms with Crippen molar-refractivity contribution in [3.05, 3.63) is 78.4 Å². The maximum absolute atomic E-state index is 12.7. The van der Waals surface area contributed by atoms with E-state index in [1.165, 1.54) is 17.2 Å². The molecule has 2 aromatic heterocycles. The molecule has 1 fully saturated rings. The monoisotopic (exact) mass is 472 g/mol. The van der Waals surface area contributed by atoms with E-state index in [1.54, 1.807) is 24.3 Å². The lowest BCUT2D eigenvalue weighted by molar-refractivity contribution is -0.0400. The van der Waals surface area contributed by atoms with E-state index >= 15 is 0 Å². The van der Waals surface area contributed by atoms with Crippen molar-refractivity contribution < 1.29 is 24.5 Å². The number of aromatic nitrogens is 4. The lowest BCUT2D eigenvalue weighted by Gasteiger charge is -2.21. The molecule has 6 rings (SSSR count). The zero-order valence-electron chi connectivity index (χ0n) is 18.2. The number of fused-ring (bicyclic) bond motifs is 2. The zero-order chi connectivity index (χ0) is 24.1. The van der Waals surface area contributed by atoms with Gasteiger partial charge in [-0.25, -0.2) is 15.0 Å². The molecular formula is C24H20N6O5. The molecule has 4 aromatic rings. The minimum absolute atomic E-state index is 0.205. The van der Waals surface area contributed by atoms with Crippen LogP contribution in [-0.2, 0) is 4.74 Å². The Morgan fingerprint density at radius 2 is 1.57 bits per heavy atom. The first-order chi connectivity index (χ1) is 17.0. The molecule has 4 atom stereocenters. The van der Waals surface area contributed by atoms with Gasteiger partial charge in [-0.05, 0) is 24.3 Å². The van der Waals surface area contributed by atoms with Gasteiger partial charge in [-0.15, -0.1) is 0 Å². The van der Waals surface area contributed by atoms with E-state index in [0.29, 0.717) is 28.1 Å². The number of imide groups is 1. The number of nitrogens with one attached hydrogen (secondary N) is 1. The Balaban J connectivity index is 1.25. The van der Waals surface area contributed by atoms with Crippen LogP contribution in [0.2, 0.25) is 0 Å². The second-order valence-electron chi connectivity index (χ2n) is 8.35. The highest BCUT2D eigenvalue weighted by molar-refractivity contribution is 6.21. The first-order valence-electron chi connectivity index (χ1n) is 11.0. The van der Waals surface area contributed by atoms with Crippen molar-refractivity contribution in [2.24, 2.45) is 0 Å². The highest BCUT2D eigenvalue weighted by Crippen LogP contribution is 2.34. The molecule has 11 heteroatoms. The molecule has 0 spiro atoms. The van der Waals surface area contributed by atoms with Crippen LogP contribution in [0.15, 0.2) is 67.3 Å². The lowest BCUT2D eigenvalue weighted by atomic mass is 10.1. The summed E-state index contributed by atoms with van der Waals surface area (Å²) >= 11 is 0. The number of amides is 2. The number of carbonyl (C=O) groups is 2. The first-order valence-corrected chi connectivity index (χ1v) is 11.0. The van der Waals surface area contributed by atoms with Crippen molar-refractivity contribution in [1.29, 1.82) is 0 Å². The van der Waals surface area contributed by atoms with Crippen molar-refractivity contribution >= 4 is 34.5 Å². The average Bonchev–Trinajstić information content (AvgIpc) is 3.51. The largest absolute Gasteiger partial charge is 0.387 e. The number of nitrogens with zero attached hydrogens (tertiary/aromatic N) is 5. The molecule has 2 aliphatic rings. The summed E-state index contributed by atoms with van der Waals surface area (Å²) in [6, 6.07) is 16.0. The van der Waals surface area contributed by atoms with Crippen LogP contribution < -0.4 is 5.32 Å². The minimum atomic E-state index is -1.34. The second kappa shape index (κ2) is 8.24. The molecule has 2 aliphatic heterocycles. The summed E-state index contributed by atoms with van der Waals surface area (Å²) in [4.78, 5) is 39.4. The van der Waals surface area contributed by atoms with Crippen LogP contribution in [0.25, 0.3) is 11.2 Å². The highest BCUT2D eigenvalue weighted by atomic mass is 16.6. The zero-order valence-corrected chi connectivity index (χ0v) is 18.2. The van der Waals surface area contributed by atoms with Gasteiger partial charge in [0.05, 0.1) is 24.0 Å². The van der Waals surface area contributed by atoms with Gasteiger partial charge in [0, 0.05) is 5.69 Å². The summed E-state index contributed by atoms with van der Waals surface area (Å²) in [7, 11) is 0. The normalized spacial score (nSPS) is 23.8. The summed E-state index contributed by atoms with van der Waals surface area (Å²) in [5, 5.41) is 24.7. The van der Waals surface area contributed by atoms with Crippen LogP contribution in [0, 0.1) is 0 Å². The van der Waals surface area contributed by atoms with Gasteiger partial charge >= 0.3 is 0 Å². The Morgan fingerprint density at radius 3 is 2.29 bits per heavy atom. The van der Waals surface area contributed by atoms with Crippen LogP contribution in [0.3, 0.4) is 0 Å². The molecule has 11 nitrogen and oxygen atoms in total. The van der Waals surface area contributed by atoms with E-state index in [4.69, 9.17) is 4.74 Å². The van der Waals surface area contributed by atoms with E-state index < -0.39 is 36.4 Å². The molecule has 0 aliphatic carbocycles. The lowest BCUT2D eigenvalue weighted by Crippen LogP contribution is -2.42. The molecule has 2 amide bonds. The van der Waals surface area contributed by atoms with E-state index in [1.807, 2.05) is 30.3 Å². The summed E-state index contributed by atoms with van der Waals surface area (Å²) in [6.45, 7) is -0.205.